The quantitative estimate of drug-likeness (QED) is 0.556. The number of amidine groups is 1. The van der Waals surface area contributed by atoms with Gasteiger partial charge in [0.25, 0.3) is 5.69 Å². The van der Waals surface area contributed by atoms with Gasteiger partial charge in [0.1, 0.15) is 10.9 Å². The van der Waals surface area contributed by atoms with Gasteiger partial charge in [0.05, 0.1) is 11.0 Å². The Kier molecular flexibility index (Phi) is 6.28. The van der Waals surface area contributed by atoms with Gasteiger partial charge in [0.2, 0.25) is 11.8 Å². The molecule has 9 heteroatoms. The Balaban J connectivity index is 1.64. The van der Waals surface area contributed by atoms with Crippen LogP contribution in [0.2, 0.25) is 0 Å². The number of hydrogen-bond acceptors (Lipinski definition) is 6. The van der Waals surface area contributed by atoms with Crippen LogP contribution in [0.4, 0.5) is 11.4 Å². The molecule has 2 aromatic rings. The van der Waals surface area contributed by atoms with E-state index in [9.17, 15) is 19.7 Å². The fourth-order valence-electron chi connectivity index (χ4n) is 2.85. The predicted octanol–water partition coefficient (Wildman–Crippen LogP) is 3.58. The van der Waals surface area contributed by atoms with Gasteiger partial charge in [0.15, 0.2) is 5.17 Å². The van der Waals surface area contributed by atoms with Crippen molar-refractivity contribution in [1.82, 2.24) is 5.32 Å². The average Bonchev–Trinajstić information content (AvgIpc) is 3.02. The van der Waals surface area contributed by atoms with Crippen molar-refractivity contribution in [2.45, 2.75) is 31.6 Å². The zero-order valence-electron chi connectivity index (χ0n) is 15.9. The number of aliphatic imine (C=N–C) groups is 1. The number of amides is 2. The maximum Gasteiger partial charge on any atom is 0.293 e. The zero-order chi connectivity index (χ0) is 21.0. The van der Waals surface area contributed by atoms with Crippen LogP contribution in [0, 0.1) is 17.0 Å². The van der Waals surface area contributed by atoms with Crippen molar-refractivity contribution in [2.75, 3.05) is 5.32 Å². The SMILES string of the molecule is Cc1ccc(NC(=O)C[C@H]2SC(=N[C@H](C)c3ccccc3)NC2=O)c([N+](=O)[O-])c1. The van der Waals surface area contributed by atoms with Gasteiger partial charge in [0, 0.05) is 12.5 Å². The number of benzene rings is 2. The second-order valence-corrected chi connectivity index (χ2v) is 7.84. The minimum atomic E-state index is -0.638. The third kappa shape index (κ3) is 5.20. The molecule has 0 radical (unpaired) electrons. The van der Waals surface area contributed by atoms with E-state index in [1.165, 1.54) is 23.9 Å². The zero-order valence-corrected chi connectivity index (χ0v) is 16.7. The highest BCUT2D eigenvalue weighted by Crippen LogP contribution is 2.28. The van der Waals surface area contributed by atoms with E-state index >= 15 is 0 Å². The summed E-state index contributed by atoms with van der Waals surface area (Å²) in [5.74, 6) is -0.774. The number of thioether (sulfide) groups is 1. The van der Waals surface area contributed by atoms with Gasteiger partial charge in [-0.15, -0.1) is 0 Å². The summed E-state index contributed by atoms with van der Waals surface area (Å²) in [5.41, 5.74) is 1.66. The molecule has 0 aliphatic carbocycles. The highest BCUT2D eigenvalue weighted by molar-refractivity contribution is 8.15. The van der Waals surface area contributed by atoms with Crippen molar-refractivity contribution >= 4 is 40.1 Å². The predicted molar refractivity (Wildman–Crippen MR) is 113 cm³/mol. The van der Waals surface area contributed by atoms with Gasteiger partial charge in [-0.2, -0.15) is 0 Å². The summed E-state index contributed by atoms with van der Waals surface area (Å²) in [6.45, 7) is 3.65. The first-order valence-electron chi connectivity index (χ1n) is 8.98. The summed E-state index contributed by atoms with van der Waals surface area (Å²) < 4.78 is 0. The summed E-state index contributed by atoms with van der Waals surface area (Å²) in [6, 6.07) is 14.1. The molecule has 150 valence electrons. The lowest BCUT2D eigenvalue weighted by atomic mass is 10.1. The Bertz CT molecular complexity index is 978. The van der Waals surface area contributed by atoms with E-state index in [2.05, 4.69) is 15.6 Å². The summed E-state index contributed by atoms with van der Waals surface area (Å²) in [6.07, 6.45) is -0.111. The largest absolute Gasteiger partial charge is 0.320 e. The molecule has 0 spiro atoms. The average molecular weight is 412 g/mol. The molecule has 8 nitrogen and oxygen atoms in total. The van der Waals surface area contributed by atoms with Gasteiger partial charge in [-0.05, 0) is 31.0 Å². The standard InChI is InChI=1S/C20H20N4O4S/c1-12-8-9-15(16(10-12)24(27)28)22-18(25)11-17-19(26)23-20(29-17)21-13(2)14-6-4-3-5-7-14/h3-10,13,17H,11H2,1-2H3,(H,22,25)(H,21,23,26)/t13-,17-/m1/s1. The number of nitro benzene ring substituents is 1. The minimum Gasteiger partial charge on any atom is -0.320 e. The number of carbonyl (C=O) groups is 2. The number of rotatable bonds is 6. The van der Waals surface area contributed by atoms with Crippen LogP contribution in [0.15, 0.2) is 53.5 Å². The maximum atomic E-state index is 12.4. The first-order valence-corrected chi connectivity index (χ1v) is 9.86. The summed E-state index contributed by atoms with van der Waals surface area (Å²) in [5, 5.41) is 16.2. The molecule has 2 amide bonds. The Morgan fingerprint density at radius 2 is 2.03 bits per heavy atom. The molecular formula is C20H20N4O4S. The minimum absolute atomic E-state index is 0.111. The van der Waals surface area contributed by atoms with E-state index in [0.717, 1.165) is 5.56 Å². The number of nitro groups is 1. The topological polar surface area (TPSA) is 114 Å². The van der Waals surface area contributed by atoms with Gasteiger partial charge in [-0.25, -0.2) is 0 Å². The maximum absolute atomic E-state index is 12.4. The van der Waals surface area contributed by atoms with Crippen LogP contribution in [0.25, 0.3) is 0 Å². The molecule has 1 fully saturated rings. The lowest BCUT2D eigenvalue weighted by Gasteiger charge is -2.09. The molecule has 3 rings (SSSR count). The lowest BCUT2D eigenvalue weighted by molar-refractivity contribution is -0.384. The van der Waals surface area contributed by atoms with Crippen LogP contribution >= 0.6 is 11.8 Å². The number of nitrogens with one attached hydrogen (secondary N) is 2. The number of anilines is 1. The van der Waals surface area contributed by atoms with Crippen LogP contribution in [0.1, 0.15) is 30.5 Å². The third-order valence-electron chi connectivity index (χ3n) is 4.36. The second kappa shape index (κ2) is 8.87. The van der Waals surface area contributed by atoms with Crippen molar-refractivity contribution in [2.24, 2.45) is 4.99 Å². The second-order valence-electron chi connectivity index (χ2n) is 6.65. The molecule has 2 atom stereocenters. The summed E-state index contributed by atoms with van der Waals surface area (Å²) in [4.78, 5) is 39.7. The van der Waals surface area contributed by atoms with Crippen molar-refractivity contribution in [3.63, 3.8) is 0 Å². The fraction of sp³-hybridized carbons (Fsp3) is 0.250. The van der Waals surface area contributed by atoms with Crippen LogP contribution in [-0.4, -0.2) is 27.2 Å². The van der Waals surface area contributed by atoms with Gasteiger partial charge in [-0.1, -0.05) is 48.2 Å². The summed E-state index contributed by atoms with van der Waals surface area (Å²) >= 11 is 1.19. The van der Waals surface area contributed by atoms with Crippen LogP contribution in [0.5, 0.6) is 0 Å². The van der Waals surface area contributed by atoms with Gasteiger partial charge >= 0.3 is 0 Å². The molecule has 0 unspecified atom stereocenters. The molecule has 1 heterocycles. The molecule has 1 aliphatic heterocycles. The van der Waals surface area contributed by atoms with Crippen LogP contribution in [-0.2, 0) is 9.59 Å². The molecule has 2 N–H and O–H groups in total. The van der Waals surface area contributed by atoms with Crippen molar-refractivity contribution in [3.05, 3.63) is 69.8 Å². The van der Waals surface area contributed by atoms with Crippen molar-refractivity contribution in [1.29, 1.82) is 0 Å². The van der Waals surface area contributed by atoms with Gasteiger partial charge in [-0.3, -0.25) is 24.7 Å². The fourth-order valence-corrected chi connectivity index (χ4v) is 3.90. The summed E-state index contributed by atoms with van der Waals surface area (Å²) in [7, 11) is 0. The molecule has 0 bridgehead atoms. The van der Waals surface area contributed by atoms with E-state index in [4.69, 9.17) is 0 Å². The van der Waals surface area contributed by atoms with E-state index in [1.807, 2.05) is 37.3 Å². The number of carbonyl (C=O) groups excluding carboxylic acids is 2. The van der Waals surface area contributed by atoms with Crippen LogP contribution < -0.4 is 10.6 Å². The third-order valence-corrected chi connectivity index (χ3v) is 5.46. The number of nitrogens with zero attached hydrogens (tertiary/aromatic N) is 2. The van der Waals surface area contributed by atoms with Crippen molar-refractivity contribution in [3.8, 4) is 0 Å². The van der Waals surface area contributed by atoms with E-state index in [1.54, 1.807) is 13.0 Å². The highest BCUT2D eigenvalue weighted by Gasteiger charge is 2.32. The molecule has 2 aromatic carbocycles. The molecule has 1 saturated heterocycles. The molecular weight excluding hydrogens is 392 g/mol. The molecule has 0 aromatic heterocycles. The number of aryl methyl sites for hydroxylation is 1. The highest BCUT2D eigenvalue weighted by atomic mass is 32.2. The smallest absolute Gasteiger partial charge is 0.293 e. The Morgan fingerprint density at radius 1 is 1.31 bits per heavy atom. The first kappa shape index (κ1) is 20.5. The monoisotopic (exact) mass is 412 g/mol. The first-order chi connectivity index (χ1) is 13.8. The number of hydrogen-bond donors (Lipinski definition) is 2. The van der Waals surface area contributed by atoms with Crippen LogP contribution in [0.3, 0.4) is 0 Å². The molecule has 29 heavy (non-hydrogen) atoms. The van der Waals surface area contributed by atoms with E-state index in [-0.39, 0.29) is 29.7 Å². The normalized spacial score (nSPS) is 18.3. The Morgan fingerprint density at radius 3 is 2.72 bits per heavy atom. The molecule has 0 saturated carbocycles. The van der Waals surface area contributed by atoms with Gasteiger partial charge < -0.3 is 10.6 Å². The Labute approximate surface area is 171 Å². The molecule has 1 aliphatic rings. The van der Waals surface area contributed by atoms with Crippen molar-refractivity contribution < 1.29 is 14.5 Å². The van der Waals surface area contributed by atoms with E-state index < -0.39 is 16.1 Å². The lowest BCUT2D eigenvalue weighted by Crippen LogP contribution is -2.28. The Hall–Kier alpha value is -3.20. The van der Waals surface area contributed by atoms with E-state index in [0.29, 0.717) is 10.7 Å².